The SMILES string of the molecule is C=CCn1nc(C(=O)N2CCCCC2)c2c1CCC(NCc1ccco1)C2. The second-order valence-corrected chi connectivity index (χ2v) is 7.50. The van der Waals surface area contributed by atoms with Crippen molar-refractivity contribution < 1.29 is 9.21 Å². The van der Waals surface area contributed by atoms with Crippen LogP contribution in [0.4, 0.5) is 0 Å². The normalized spacial score (nSPS) is 19.7. The third-order valence-electron chi connectivity index (χ3n) is 5.64. The first-order valence-electron chi connectivity index (χ1n) is 10.0. The van der Waals surface area contributed by atoms with Gasteiger partial charge in [0.1, 0.15) is 5.76 Å². The van der Waals surface area contributed by atoms with Crippen molar-refractivity contribution in [1.82, 2.24) is 20.0 Å². The van der Waals surface area contributed by atoms with E-state index in [0.29, 0.717) is 24.8 Å². The van der Waals surface area contributed by atoms with Crippen molar-refractivity contribution in [2.24, 2.45) is 0 Å². The summed E-state index contributed by atoms with van der Waals surface area (Å²) in [7, 11) is 0. The molecule has 1 amide bonds. The Balaban J connectivity index is 1.53. The molecule has 1 saturated heterocycles. The molecule has 0 bridgehead atoms. The van der Waals surface area contributed by atoms with E-state index in [1.165, 1.54) is 12.1 Å². The number of nitrogens with one attached hydrogen (secondary N) is 1. The molecule has 2 aromatic rings. The third-order valence-corrected chi connectivity index (χ3v) is 5.64. The van der Waals surface area contributed by atoms with Gasteiger partial charge in [-0.05, 0) is 50.7 Å². The van der Waals surface area contributed by atoms with Crippen LogP contribution >= 0.6 is 0 Å². The molecule has 1 fully saturated rings. The molecule has 6 heteroatoms. The minimum Gasteiger partial charge on any atom is -0.468 e. The van der Waals surface area contributed by atoms with Crippen molar-refractivity contribution in [3.63, 3.8) is 0 Å². The molecule has 0 aromatic carbocycles. The van der Waals surface area contributed by atoms with Crippen molar-refractivity contribution in [3.05, 3.63) is 53.8 Å². The number of carbonyl (C=O) groups is 1. The molecule has 0 radical (unpaired) electrons. The third kappa shape index (κ3) is 3.86. The lowest BCUT2D eigenvalue weighted by Crippen LogP contribution is -2.38. The maximum atomic E-state index is 13.1. The van der Waals surface area contributed by atoms with Crippen LogP contribution in [-0.2, 0) is 25.9 Å². The Morgan fingerprint density at radius 1 is 1.37 bits per heavy atom. The van der Waals surface area contributed by atoms with Crippen LogP contribution in [0, 0.1) is 0 Å². The van der Waals surface area contributed by atoms with E-state index >= 15 is 0 Å². The van der Waals surface area contributed by atoms with Gasteiger partial charge in [0.25, 0.3) is 5.91 Å². The van der Waals surface area contributed by atoms with Gasteiger partial charge in [0, 0.05) is 30.4 Å². The molecule has 2 aliphatic rings. The monoisotopic (exact) mass is 368 g/mol. The number of amides is 1. The molecule has 0 spiro atoms. The summed E-state index contributed by atoms with van der Waals surface area (Å²) in [4.78, 5) is 15.1. The number of likely N-dealkylation sites (tertiary alicyclic amines) is 1. The van der Waals surface area contributed by atoms with Gasteiger partial charge in [0.2, 0.25) is 0 Å². The van der Waals surface area contributed by atoms with Gasteiger partial charge in [-0.25, -0.2) is 0 Å². The van der Waals surface area contributed by atoms with Gasteiger partial charge in [-0.1, -0.05) is 6.08 Å². The van der Waals surface area contributed by atoms with Gasteiger partial charge >= 0.3 is 0 Å². The van der Waals surface area contributed by atoms with Crippen molar-refractivity contribution in [2.45, 2.75) is 57.7 Å². The van der Waals surface area contributed by atoms with E-state index in [1.807, 2.05) is 27.8 Å². The standard InChI is InChI=1S/C21H28N4O2/c1-2-10-25-19-9-8-16(22-15-17-7-6-13-27-17)14-18(19)20(23-25)21(26)24-11-4-3-5-12-24/h2,6-7,13,16,22H,1,3-5,8-12,14-15H2. The largest absolute Gasteiger partial charge is 0.468 e. The lowest BCUT2D eigenvalue weighted by Gasteiger charge is -2.27. The molecule has 0 saturated carbocycles. The highest BCUT2D eigenvalue weighted by Crippen LogP contribution is 2.27. The Hall–Kier alpha value is -2.34. The minimum atomic E-state index is 0.0976. The summed E-state index contributed by atoms with van der Waals surface area (Å²) >= 11 is 0. The number of allylic oxidation sites excluding steroid dienone is 1. The quantitative estimate of drug-likeness (QED) is 0.797. The highest BCUT2D eigenvalue weighted by molar-refractivity contribution is 5.94. The molecule has 1 N–H and O–H groups in total. The fourth-order valence-electron chi connectivity index (χ4n) is 4.21. The van der Waals surface area contributed by atoms with E-state index < -0.39 is 0 Å². The van der Waals surface area contributed by atoms with Crippen LogP contribution in [0.2, 0.25) is 0 Å². The molecule has 4 rings (SSSR count). The summed E-state index contributed by atoms with van der Waals surface area (Å²) in [6.07, 6.45) is 9.75. The van der Waals surface area contributed by atoms with E-state index in [1.54, 1.807) is 6.26 Å². The number of piperidine rings is 1. The van der Waals surface area contributed by atoms with Gasteiger partial charge in [0.05, 0.1) is 19.4 Å². The number of hydrogen-bond donors (Lipinski definition) is 1. The fraction of sp³-hybridized carbons (Fsp3) is 0.524. The summed E-state index contributed by atoms with van der Waals surface area (Å²) in [5.41, 5.74) is 2.97. The van der Waals surface area contributed by atoms with E-state index in [9.17, 15) is 4.79 Å². The molecule has 1 aliphatic heterocycles. The Kier molecular flexibility index (Phi) is 5.43. The first kappa shape index (κ1) is 18.0. The average Bonchev–Trinajstić information content (AvgIpc) is 3.35. The van der Waals surface area contributed by atoms with Crippen LogP contribution in [-0.4, -0.2) is 39.7 Å². The van der Waals surface area contributed by atoms with Crippen LogP contribution in [0.5, 0.6) is 0 Å². The van der Waals surface area contributed by atoms with Crippen molar-refractivity contribution in [1.29, 1.82) is 0 Å². The Morgan fingerprint density at radius 3 is 2.96 bits per heavy atom. The van der Waals surface area contributed by atoms with Crippen molar-refractivity contribution >= 4 is 5.91 Å². The highest BCUT2D eigenvalue weighted by Gasteiger charge is 2.31. The van der Waals surface area contributed by atoms with Gasteiger partial charge in [-0.2, -0.15) is 5.10 Å². The second kappa shape index (κ2) is 8.13. The fourth-order valence-corrected chi connectivity index (χ4v) is 4.21. The molecule has 27 heavy (non-hydrogen) atoms. The maximum Gasteiger partial charge on any atom is 0.274 e. The average molecular weight is 368 g/mol. The summed E-state index contributed by atoms with van der Waals surface area (Å²) in [5.74, 6) is 1.04. The lowest BCUT2D eigenvalue weighted by atomic mass is 9.91. The number of furan rings is 1. The van der Waals surface area contributed by atoms with Gasteiger partial charge in [0.15, 0.2) is 5.69 Å². The predicted molar refractivity (Wildman–Crippen MR) is 104 cm³/mol. The zero-order valence-corrected chi connectivity index (χ0v) is 15.8. The Morgan fingerprint density at radius 2 is 2.22 bits per heavy atom. The van der Waals surface area contributed by atoms with Crippen molar-refractivity contribution in [2.75, 3.05) is 13.1 Å². The predicted octanol–water partition coefficient (Wildman–Crippen LogP) is 2.94. The van der Waals surface area contributed by atoms with Crippen LogP contribution < -0.4 is 5.32 Å². The molecule has 3 heterocycles. The number of rotatable bonds is 6. The zero-order chi connectivity index (χ0) is 18.6. The number of hydrogen-bond acceptors (Lipinski definition) is 4. The van der Waals surface area contributed by atoms with Crippen LogP contribution in [0.25, 0.3) is 0 Å². The second-order valence-electron chi connectivity index (χ2n) is 7.50. The summed E-state index contributed by atoms with van der Waals surface area (Å²) in [6, 6.07) is 4.22. The number of fused-ring (bicyclic) bond motifs is 1. The molecule has 1 atom stereocenters. The summed E-state index contributed by atoms with van der Waals surface area (Å²) in [5, 5.41) is 8.29. The summed E-state index contributed by atoms with van der Waals surface area (Å²) in [6.45, 7) is 6.91. The van der Waals surface area contributed by atoms with Crippen LogP contribution in [0.15, 0.2) is 35.5 Å². The molecule has 1 aliphatic carbocycles. The first-order chi connectivity index (χ1) is 13.3. The molecular formula is C21H28N4O2. The maximum absolute atomic E-state index is 13.1. The van der Waals surface area contributed by atoms with Crippen LogP contribution in [0.1, 0.15) is 53.2 Å². The van der Waals surface area contributed by atoms with E-state index in [2.05, 4.69) is 11.9 Å². The number of carbonyl (C=O) groups excluding carboxylic acids is 1. The van der Waals surface area contributed by atoms with Gasteiger partial charge < -0.3 is 14.6 Å². The number of nitrogens with zero attached hydrogens (tertiary/aromatic N) is 3. The molecular weight excluding hydrogens is 340 g/mol. The Bertz CT molecular complexity index is 787. The molecule has 144 valence electrons. The van der Waals surface area contributed by atoms with E-state index in [0.717, 1.165) is 56.5 Å². The number of aromatic nitrogens is 2. The minimum absolute atomic E-state index is 0.0976. The highest BCUT2D eigenvalue weighted by atomic mass is 16.3. The molecule has 2 aromatic heterocycles. The van der Waals surface area contributed by atoms with Gasteiger partial charge in [-0.3, -0.25) is 9.48 Å². The molecule has 6 nitrogen and oxygen atoms in total. The molecule has 1 unspecified atom stereocenters. The topological polar surface area (TPSA) is 63.3 Å². The van der Waals surface area contributed by atoms with E-state index in [-0.39, 0.29) is 5.91 Å². The van der Waals surface area contributed by atoms with Crippen molar-refractivity contribution in [3.8, 4) is 0 Å². The van der Waals surface area contributed by atoms with E-state index in [4.69, 9.17) is 9.52 Å². The lowest BCUT2D eigenvalue weighted by molar-refractivity contribution is 0.0716. The van der Waals surface area contributed by atoms with Crippen LogP contribution in [0.3, 0.4) is 0 Å². The smallest absolute Gasteiger partial charge is 0.274 e. The Labute approximate surface area is 160 Å². The van der Waals surface area contributed by atoms with Gasteiger partial charge in [-0.15, -0.1) is 6.58 Å². The zero-order valence-electron chi connectivity index (χ0n) is 15.8. The first-order valence-corrected chi connectivity index (χ1v) is 10.0. The summed E-state index contributed by atoms with van der Waals surface area (Å²) < 4.78 is 7.40.